The zero-order chi connectivity index (χ0) is 21.2. The van der Waals surface area contributed by atoms with Crippen molar-refractivity contribution >= 4 is 5.96 Å². The number of hydrogen-bond acceptors (Lipinski definition) is 4. The third-order valence-corrected chi connectivity index (χ3v) is 5.58. The molecule has 1 fully saturated rings. The van der Waals surface area contributed by atoms with E-state index in [0.717, 1.165) is 29.0 Å². The maximum Gasteiger partial charge on any atom is 0.403 e. The molecule has 0 spiro atoms. The Balaban J connectivity index is 1.60. The van der Waals surface area contributed by atoms with E-state index in [1.807, 2.05) is 24.0 Å². The summed E-state index contributed by atoms with van der Waals surface area (Å²) >= 11 is 0. The first kappa shape index (κ1) is 21.5. The van der Waals surface area contributed by atoms with E-state index < -0.39 is 12.2 Å². The van der Waals surface area contributed by atoms with Gasteiger partial charge >= 0.3 is 6.18 Å². The fourth-order valence-electron chi connectivity index (χ4n) is 3.84. The summed E-state index contributed by atoms with van der Waals surface area (Å²) in [6, 6.07) is 2.56. The number of alkyl halides is 3. The van der Waals surface area contributed by atoms with Crippen LogP contribution in [0, 0.1) is 0 Å². The fraction of sp³-hybridized carbons (Fsp3) is 0.650. The van der Waals surface area contributed by atoms with Crippen LogP contribution in [0.2, 0.25) is 0 Å². The summed E-state index contributed by atoms with van der Waals surface area (Å²) in [6.45, 7) is 5.39. The Kier molecular flexibility index (Phi) is 6.45. The van der Waals surface area contributed by atoms with Crippen LogP contribution >= 0.6 is 0 Å². The van der Waals surface area contributed by atoms with Crippen LogP contribution in [-0.4, -0.2) is 74.4 Å². The van der Waals surface area contributed by atoms with Crippen molar-refractivity contribution in [2.24, 2.45) is 4.99 Å². The summed E-state index contributed by atoms with van der Waals surface area (Å²) in [4.78, 5) is 7.75. The SMILES string of the molecule is CN=C(NCc1cc2c(cc1OC)CC(C)O2)N1CCN(C(C)C(F)(F)F)CC1. The molecule has 2 aliphatic heterocycles. The molecule has 2 heterocycles. The summed E-state index contributed by atoms with van der Waals surface area (Å²) < 4.78 is 50.2. The molecule has 2 aliphatic rings. The van der Waals surface area contributed by atoms with Gasteiger partial charge in [0.1, 0.15) is 23.6 Å². The van der Waals surface area contributed by atoms with Gasteiger partial charge in [0.05, 0.1) is 7.11 Å². The number of halogens is 3. The quantitative estimate of drug-likeness (QED) is 0.607. The van der Waals surface area contributed by atoms with E-state index in [9.17, 15) is 13.2 Å². The summed E-state index contributed by atoms with van der Waals surface area (Å²) in [5.41, 5.74) is 2.09. The highest BCUT2D eigenvalue weighted by Gasteiger charge is 2.41. The number of nitrogens with one attached hydrogen (secondary N) is 1. The first-order chi connectivity index (χ1) is 13.7. The first-order valence-electron chi connectivity index (χ1n) is 9.85. The number of methoxy groups -OCH3 is 1. The second-order valence-corrected chi connectivity index (χ2v) is 7.55. The molecule has 2 unspecified atom stereocenters. The van der Waals surface area contributed by atoms with Crippen molar-refractivity contribution in [2.75, 3.05) is 40.3 Å². The van der Waals surface area contributed by atoms with Gasteiger partial charge in [-0.05, 0) is 26.0 Å². The molecule has 1 N–H and O–H groups in total. The Labute approximate surface area is 169 Å². The van der Waals surface area contributed by atoms with E-state index in [1.54, 1.807) is 14.2 Å². The van der Waals surface area contributed by atoms with Crippen LogP contribution < -0.4 is 14.8 Å². The van der Waals surface area contributed by atoms with Gasteiger partial charge in [0.15, 0.2) is 5.96 Å². The number of ether oxygens (including phenoxy) is 2. The van der Waals surface area contributed by atoms with Gasteiger partial charge in [0.25, 0.3) is 0 Å². The topological polar surface area (TPSA) is 49.3 Å². The molecule has 2 atom stereocenters. The number of aliphatic imine (C=N–C) groups is 1. The van der Waals surface area contributed by atoms with Crippen LogP contribution in [0.4, 0.5) is 13.2 Å². The van der Waals surface area contributed by atoms with E-state index in [4.69, 9.17) is 9.47 Å². The maximum absolute atomic E-state index is 12.9. The number of benzene rings is 1. The van der Waals surface area contributed by atoms with Crippen LogP contribution in [0.15, 0.2) is 17.1 Å². The zero-order valence-electron chi connectivity index (χ0n) is 17.3. The summed E-state index contributed by atoms with van der Waals surface area (Å²) in [5, 5.41) is 3.31. The van der Waals surface area contributed by atoms with E-state index >= 15 is 0 Å². The van der Waals surface area contributed by atoms with Gasteiger partial charge in [-0.25, -0.2) is 0 Å². The first-order valence-corrected chi connectivity index (χ1v) is 9.85. The van der Waals surface area contributed by atoms with Crippen LogP contribution in [-0.2, 0) is 13.0 Å². The summed E-state index contributed by atoms with van der Waals surface area (Å²) in [7, 11) is 3.32. The van der Waals surface area contributed by atoms with E-state index in [0.29, 0.717) is 38.7 Å². The van der Waals surface area contributed by atoms with Gasteiger partial charge in [0, 0.05) is 57.3 Å². The minimum absolute atomic E-state index is 0.154. The molecular formula is C20H29F3N4O2. The van der Waals surface area contributed by atoms with Crippen molar-refractivity contribution in [3.63, 3.8) is 0 Å². The van der Waals surface area contributed by atoms with Crippen molar-refractivity contribution in [3.8, 4) is 11.5 Å². The van der Waals surface area contributed by atoms with Crippen LogP contribution in [0.25, 0.3) is 0 Å². The Bertz CT molecular complexity index is 746. The molecule has 0 aliphatic carbocycles. The Morgan fingerprint density at radius 2 is 2.00 bits per heavy atom. The molecule has 6 nitrogen and oxygen atoms in total. The minimum Gasteiger partial charge on any atom is -0.496 e. The van der Waals surface area contributed by atoms with Gasteiger partial charge in [-0.1, -0.05) is 0 Å². The molecule has 1 aromatic carbocycles. The standard InChI is InChI=1S/C20H29F3N4O2/c1-13-9-15-10-17(28-4)16(11-18(15)29-13)12-25-19(24-3)27-7-5-26(6-8-27)14(2)20(21,22)23/h10-11,13-14H,5-9,12H2,1-4H3,(H,24,25). The Hall–Kier alpha value is -2.16. The molecule has 0 amide bonds. The molecule has 1 aromatic rings. The average molecular weight is 414 g/mol. The molecule has 0 radical (unpaired) electrons. The molecule has 29 heavy (non-hydrogen) atoms. The highest BCUT2D eigenvalue weighted by atomic mass is 19.4. The lowest BCUT2D eigenvalue weighted by Gasteiger charge is -2.39. The van der Waals surface area contributed by atoms with E-state index in [2.05, 4.69) is 10.3 Å². The monoisotopic (exact) mass is 414 g/mol. The molecule has 0 aromatic heterocycles. The number of guanidine groups is 1. The molecular weight excluding hydrogens is 385 g/mol. The van der Waals surface area contributed by atoms with Gasteiger partial charge in [-0.15, -0.1) is 0 Å². The van der Waals surface area contributed by atoms with Crippen molar-refractivity contribution < 1.29 is 22.6 Å². The van der Waals surface area contributed by atoms with Crippen molar-refractivity contribution in [1.29, 1.82) is 0 Å². The van der Waals surface area contributed by atoms with Gasteiger partial charge in [0.2, 0.25) is 0 Å². The van der Waals surface area contributed by atoms with E-state index in [1.165, 1.54) is 11.8 Å². The number of hydrogen-bond donors (Lipinski definition) is 1. The highest BCUT2D eigenvalue weighted by Crippen LogP contribution is 2.35. The summed E-state index contributed by atoms with van der Waals surface area (Å²) in [6.07, 6.45) is -3.19. The fourth-order valence-corrected chi connectivity index (χ4v) is 3.84. The predicted octanol–water partition coefficient (Wildman–Crippen LogP) is 2.66. The summed E-state index contributed by atoms with van der Waals surface area (Å²) in [5.74, 6) is 2.33. The number of nitrogens with zero attached hydrogens (tertiary/aromatic N) is 3. The number of rotatable bonds is 4. The lowest BCUT2D eigenvalue weighted by atomic mass is 10.1. The van der Waals surface area contributed by atoms with E-state index in [-0.39, 0.29) is 6.10 Å². The minimum atomic E-state index is -4.20. The second-order valence-electron chi connectivity index (χ2n) is 7.55. The molecule has 162 valence electrons. The smallest absolute Gasteiger partial charge is 0.403 e. The molecule has 3 rings (SSSR count). The molecule has 0 bridgehead atoms. The van der Waals surface area contributed by atoms with Crippen molar-refractivity contribution in [1.82, 2.24) is 15.1 Å². The molecule has 0 saturated carbocycles. The van der Waals surface area contributed by atoms with Crippen LogP contribution in [0.3, 0.4) is 0 Å². The Morgan fingerprint density at radius 3 is 2.59 bits per heavy atom. The molecule has 1 saturated heterocycles. The normalized spacial score (nSPS) is 21.6. The number of fused-ring (bicyclic) bond motifs is 1. The lowest BCUT2D eigenvalue weighted by molar-refractivity contribution is -0.181. The number of piperazine rings is 1. The Morgan fingerprint density at radius 1 is 1.31 bits per heavy atom. The van der Waals surface area contributed by atoms with Crippen LogP contribution in [0.5, 0.6) is 11.5 Å². The van der Waals surface area contributed by atoms with Gasteiger partial charge in [-0.3, -0.25) is 9.89 Å². The zero-order valence-corrected chi connectivity index (χ0v) is 17.3. The lowest BCUT2D eigenvalue weighted by Crippen LogP contribution is -2.56. The van der Waals surface area contributed by atoms with Crippen molar-refractivity contribution in [3.05, 3.63) is 23.3 Å². The highest BCUT2D eigenvalue weighted by molar-refractivity contribution is 5.80. The second kappa shape index (κ2) is 8.69. The molecule has 9 heteroatoms. The van der Waals surface area contributed by atoms with Crippen LogP contribution in [0.1, 0.15) is 25.0 Å². The maximum atomic E-state index is 12.9. The predicted molar refractivity (Wildman–Crippen MR) is 106 cm³/mol. The van der Waals surface area contributed by atoms with Gasteiger partial charge < -0.3 is 19.7 Å². The third-order valence-electron chi connectivity index (χ3n) is 5.58. The largest absolute Gasteiger partial charge is 0.496 e. The van der Waals surface area contributed by atoms with Gasteiger partial charge in [-0.2, -0.15) is 13.2 Å². The average Bonchev–Trinajstić information content (AvgIpc) is 3.05. The third kappa shape index (κ3) is 4.88. The van der Waals surface area contributed by atoms with Crippen molar-refractivity contribution in [2.45, 2.75) is 45.1 Å².